The minimum atomic E-state index is -1.78. The maximum Gasteiger partial charge on any atom is 0.199 e. The summed E-state index contributed by atoms with van der Waals surface area (Å²) in [6.07, 6.45) is -2.36. The first-order valence-corrected chi connectivity index (χ1v) is 4.91. The number of hydrogen-bond donors (Lipinski definition) is 3. The third-order valence-electron chi connectivity index (χ3n) is 2.65. The van der Waals surface area contributed by atoms with Crippen LogP contribution in [0, 0.1) is 0 Å². The van der Waals surface area contributed by atoms with E-state index in [-0.39, 0.29) is 6.42 Å². The summed E-state index contributed by atoms with van der Waals surface area (Å²) in [5, 5.41) is 28.0. The Balaban J connectivity index is 2.04. The molecule has 2 heterocycles. The second-order valence-corrected chi connectivity index (χ2v) is 4.41. The summed E-state index contributed by atoms with van der Waals surface area (Å²) in [4.78, 5) is 0. The lowest BCUT2D eigenvalue weighted by Crippen LogP contribution is -2.45. The van der Waals surface area contributed by atoms with E-state index in [1.165, 1.54) is 0 Å². The maximum absolute atomic E-state index is 9.84. The smallest absolute Gasteiger partial charge is 0.199 e. The van der Waals surface area contributed by atoms with Crippen LogP contribution in [0.25, 0.3) is 0 Å². The zero-order valence-electron chi connectivity index (χ0n) is 8.71. The Bertz CT molecular complexity index is 237. The standard InChI is InChI=1S/C9H16O6/c1-8(2)13-5-3-9(12,6(11)4-10)15-7(5)14-8/h5-7,10-12H,3-4H2,1-2H3/t5-,6+,7+,9+/m1/s1. The number of aliphatic hydroxyl groups is 3. The van der Waals surface area contributed by atoms with Crippen LogP contribution in [0.4, 0.5) is 0 Å². The molecule has 0 radical (unpaired) electrons. The Morgan fingerprint density at radius 2 is 2.00 bits per heavy atom. The molecule has 2 aliphatic rings. The highest BCUT2D eigenvalue weighted by Gasteiger charge is 2.57. The monoisotopic (exact) mass is 220 g/mol. The van der Waals surface area contributed by atoms with E-state index in [1.54, 1.807) is 13.8 Å². The van der Waals surface area contributed by atoms with Crippen LogP contribution < -0.4 is 0 Å². The second kappa shape index (κ2) is 3.38. The van der Waals surface area contributed by atoms with Crippen LogP contribution in [-0.4, -0.2) is 52.0 Å². The molecule has 0 aromatic carbocycles. The molecule has 0 saturated carbocycles. The quantitative estimate of drug-likeness (QED) is 0.549. The van der Waals surface area contributed by atoms with Crippen LogP contribution in [0.5, 0.6) is 0 Å². The van der Waals surface area contributed by atoms with Crippen molar-refractivity contribution in [2.24, 2.45) is 0 Å². The van der Waals surface area contributed by atoms with Crippen LogP contribution in [0.15, 0.2) is 0 Å². The molecule has 3 N–H and O–H groups in total. The van der Waals surface area contributed by atoms with E-state index >= 15 is 0 Å². The van der Waals surface area contributed by atoms with Gasteiger partial charge in [0.1, 0.15) is 12.2 Å². The van der Waals surface area contributed by atoms with Gasteiger partial charge in [-0.05, 0) is 13.8 Å². The molecule has 88 valence electrons. The first-order chi connectivity index (χ1) is 6.86. The fourth-order valence-corrected chi connectivity index (χ4v) is 1.94. The first-order valence-electron chi connectivity index (χ1n) is 4.91. The normalized spacial score (nSPS) is 45.4. The molecule has 0 bridgehead atoms. The number of ether oxygens (including phenoxy) is 3. The van der Waals surface area contributed by atoms with Gasteiger partial charge in [-0.3, -0.25) is 0 Å². The zero-order valence-corrected chi connectivity index (χ0v) is 8.71. The van der Waals surface area contributed by atoms with Crippen molar-refractivity contribution in [2.45, 2.75) is 50.3 Å². The van der Waals surface area contributed by atoms with Crippen LogP contribution in [-0.2, 0) is 14.2 Å². The van der Waals surface area contributed by atoms with E-state index in [4.69, 9.17) is 19.3 Å². The van der Waals surface area contributed by atoms with Crippen LogP contribution in [0.3, 0.4) is 0 Å². The van der Waals surface area contributed by atoms with E-state index in [1.807, 2.05) is 0 Å². The highest BCUT2D eigenvalue weighted by Crippen LogP contribution is 2.41. The summed E-state index contributed by atoms with van der Waals surface area (Å²) in [6, 6.07) is 0. The molecular weight excluding hydrogens is 204 g/mol. The molecule has 0 amide bonds. The van der Waals surface area contributed by atoms with Gasteiger partial charge >= 0.3 is 0 Å². The fraction of sp³-hybridized carbons (Fsp3) is 1.00. The molecule has 4 atom stereocenters. The predicted octanol–water partition coefficient (Wildman–Crippen LogP) is -1.07. The Labute approximate surface area is 87.4 Å². The van der Waals surface area contributed by atoms with Gasteiger partial charge in [-0.1, -0.05) is 0 Å². The van der Waals surface area contributed by atoms with Gasteiger partial charge in [-0.2, -0.15) is 0 Å². The van der Waals surface area contributed by atoms with E-state index in [0.717, 1.165) is 0 Å². The van der Waals surface area contributed by atoms with Crippen molar-refractivity contribution in [1.82, 2.24) is 0 Å². The zero-order chi connectivity index (χ0) is 11.3. The lowest BCUT2D eigenvalue weighted by molar-refractivity contribution is -0.309. The van der Waals surface area contributed by atoms with Gasteiger partial charge in [0.25, 0.3) is 0 Å². The van der Waals surface area contributed by atoms with Crippen LogP contribution >= 0.6 is 0 Å². The van der Waals surface area contributed by atoms with Crippen molar-refractivity contribution in [3.05, 3.63) is 0 Å². The summed E-state index contributed by atoms with van der Waals surface area (Å²) in [6.45, 7) is 2.92. The van der Waals surface area contributed by atoms with Gasteiger partial charge in [-0.15, -0.1) is 0 Å². The summed E-state index contributed by atoms with van der Waals surface area (Å²) in [5.41, 5.74) is 0. The molecule has 15 heavy (non-hydrogen) atoms. The topological polar surface area (TPSA) is 88.4 Å². The molecule has 2 fully saturated rings. The van der Waals surface area contributed by atoms with E-state index in [0.29, 0.717) is 0 Å². The number of fused-ring (bicyclic) bond motifs is 1. The van der Waals surface area contributed by atoms with Crippen molar-refractivity contribution in [1.29, 1.82) is 0 Å². The van der Waals surface area contributed by atoms with Crippen molar-refractivity contribution >= 4 is 0 Å². The van der Waals surface area contributed by atoms with Crippen molar-refractivity contribution in [3.8, 4) is 0 Å². The average Bonchev–Trinajstić information content (AvgIpc) is 2.53. The lowest BCUT2D eigenvalue weighted by Gasteiger charge is -2.29. The number of aliphatic hydroxyl groups excluding tert-OH is 2. The minimum absolute atomic E-state index is 0.0861. The van der Waals surface area contributed by atoms with Crippen molar-refractivity contribution in [2.75, 3.05) is 6.61 Å². The molecule has 2 rings (SSSR count). The maximum atomic E-state index is 9.84. The largest absolute Gasteiger partial charge is 0.393 e. The summed E-state index contributed by atoms with van der Waals surface area (Å²) >= 11 is 0. The average molecular weight is 220 g/mol. The Morgan fingerprint density at radius 1 is 1.33 bits per heavy atom. The number of rotatable bonds is 2. The van der Waals surface area contributed by atoms with Gasteiger partial charge in [0.15, 0.2) is 17.9 Å². The molecule has 2 aliphatic heterocycles. The molecule has 0 unspecified atom stereocenters. The fourth-order valence-electron chi connectivity index (χ4n) is 1.94. The summed E-state index contributed by atoms with van der Waals surface area (Å²) < 4.78 is 16.0. The Hall–Kier alpha value is -0.240. The van der Waals surface area contributed by atoms with E-state index in [2.05, 4.69) is 0 Å². The molecule has 0 aromatic rings. The van der Waals surface area contributed by atoms with E-state index < -0.39 is 36.7 Å². The molecule has 0 aliphatic carbocycles. The van der Waals surface area contributed by atoms with Crippen LogP contribution in [0.1, 0.15) is 20.3 Å². The second-order valence-electron chi connectivity index (χ2n) is 4.41. The summed E-state index contributed by atoms with van der Waals surface area (Å²) in [7, 11) is 0. The Morgan fingerprint density at radius 3 is 2.53 bits per heavy atom. The first kappa shape index (κ1) is 11.3. The molecular formula is C9H16O6. The highest BCUT2D eigenvalue weighted by atomic mass is 16.9. The summed E-state index contributed by atoms with van der Waals surface area (Å²) in [5.74, 6) is -2.51. The van der Waals surface area contributed by atoms with Gasteiger partial charge in [0.2, 0.25) is 0 Å². The van der Waals surface area contributed by atoms with Crippen molar-refractivity contribution in [3.63, 3.8) is 0 Å². The van der Waals surface area contributed by atoms with E-state index in [9.17, 15) is 10.2 Å². The minimum Gasteiger partial charge on any atom is -0.393 e. The molecule has 0 aromatic heterocycles. The lowest BCUT2D eigenvalue weighted by atomic mass is 10.1. The molecule has 0 spiro atoms. The SMILES string of the molecule is CC1(C)O[C@H]2O[C@](O)([C@@H](O)CO)C[C@H]2O1. The molecule has 2 saturated heterocycles. The van der Waals surface area contributed by atoms with Gasteiger partial charge in [-0.25, -0.2) is 0 Å². The third kappa shape index (κ3) is 1.89. The van der Waals surface area contributed by atoms with Gasteiger partial charge in [0, 0.05) is 6.42 Å². The van der Waals surface area contributed by atoms with Crippen molar-refractivity contribution < 1.29 is 29.5 Å². The van der Waals surface area contributed by atoms with Gasteiger partial charge < -0.3 is 29.5 Å². The van der Waals surface area contributed by atoms with Gasteiger partial charge in [0.05, 0.1) is 6.61 Å². The number of hydrogen-bond acceptors (Lipinski definition) is 6. The third-order valence-corrected chi connectivity index (χ3v) is 2.65. The van der Waals surface area contributed by atoms with Crippen LogP contribution in [0.2, 0.25) is 0 Å². The highest BCUT2D eigenvalue weighted by molar-refractivity contribution is 4.92. The Kier molecular flexibility index (Phi) is 2.53. The predicted molar refractivity (Wildman–Crippen MR) is 47.6 cm³/mol. The molecule has 6 nitrogen and oxygen atoms in total. The molecule has 6 heteroatoms.